The third-order valence-corrected chi connectivity index (χ3v) is 2.97. The van der Waals surface area contributed by atoms with Gasteiger partial charge in [-0.15, -0.1) is 11.3 Å². The maximum absolute atomic E-state index is 11.4. The Morgan fingerprint density at radius 2 is 2.20 bits per heavy atom. The van der Waals surface area contributed by atoms with Gasteiger partial charge in [-0.1, -0.05) is 34.8 Å². The van der Waals surface area contributed by atoms with Crippen molar-refractivity contribution in [2.75, 3.05) is 19.0 Å². The molecule has 1 aromatic rings. The van der Waals surface area contributed by atoms with Crippen LogP contribution < -0.4 is 11.1 Å². The quantitative estimate of drug-likeness (QED) is 0.629. The second-order valence-corrected chi connectivity index (χ2v) is 6.77. The fraction of sp³-hybridized carbons (Fsp3) is 0.444. The summed E-state index contributed by atoms with van der Waals surface area (Å²) in [7, 11) is 1.21. The van der Waals surface area contributed by atoms with Crippen LogP contribution in [0.1, 0.15) is 11.7 Å². The summed E-state index contributed by atoms with van der Waals surface area (Å²) in [5.74, 6) is -0.638. The van der Waals surface area contributed by atoms with Crippen LogP contribution in [0.25, 0.3) is 0 Å². The van der Waals surface area contributed by atoms with E-state index in [0.717, 1.165) is 11.3 Å². The van der Waals surface area contributed by atoms with Crippen molar-refractivity contribution in [3.63, 3.8) is 0 Å². The number of carbonyl (C=O) groups excluding carboxylic acids is 2. The zero-order chi connectivity index (χ0) is 15.3. The number of alkyl halides is 3. The normalized spacial score (nSPS) is 12.7. The number of anilines is 1. The Morgan fingerprint density at radius 1 is 1.55 bits per heavy atom. The Hall–Kier alpha value is -0.800. The predicted octanol–water partition coefficient (Wildman–Crippen LogP) is 2.23. The van der Waals surface area contributed by atoms with E-state index < -0.39 is 28.5 Å². The third kappa shape index (κ3) is 5.68. The summed E-state index contributed by atoms with van der Waals surface area (Å²) in [6, 6.07) is -1.02. The average Bonchev–Trinajstić information content (AvgIpc) is 2.82. The molecule has 1 heterocycles. The Kier molecular flexibility index (Phi) is 6.28. The van der Waals surface area contributed by atoms with E-state index in [9.17, 15) is 9.59 Å². The lowest BCUT2D eigenvalue weighted by atomic mass is 10.2. The van der Waals surface area contributed by atoms with E-state index in [1.807, 2.05) is 0 Å². The van der Waals surface area contributed by atoms with Crippen LogP contribution in [-0.2, 0) is 14.3 Å². The molecule has 0 unspecified atom stereocenters. The van der Waals surface area contributed by atoms with Gasteiger partial charge in [-0.3, -0.25) is 5.32 Å². The molecule has 0 aliphatic heterocycles. The molecule has 1 amide bonds. The van der Waals surface area contributed by atoms with Gasteiger partial charge in [0.15, 0.2) is 5.13 Å². The van der Waals surface area contributed by atoms with E-state index in [0.29, 0.717) is 0 Å². The van der Waals surface area contributed by atoms with E-state index in [1.165, 1.54) is 12.5 Å². The smallest absolute Gasteiger partial charge is 0.413 e. The number of carbonyl (C=O) groups is 2. The molecule has 0 fully saturated rings. The van der Waals surface area contributed by atoms with Gasteiger partial charge in [0.05, 0.1) is 12.8 Å². The first-order chi connectivity index (χ1) is 9.23. The molecule has 1 aromatic heterocycles. The molecule has 0 radical (unpaired) electrons. The first-order valence-electron chi connectivity index (χ1n) is 5.02. The molecule has 11 heteroatoms. The number of halogens is 3. The molecule has 0 spiro atoms. The minimum absolute atomic E-state index is 0.189. The first kappa shape index (κ1) is 17.3. The molecule has 112 valence electrons. The summed E-state index contributed by atoms with van der Waals surface area (Å²) in [5, 5.41) is 4.00. The second-order valence-electron chi connectivity index (χ2n) is 3.39. The van der Waals surface area contributed by atoms with Crippen molar-refractivity contribution >= 4 is 63.3 Å². The number of nitrogens with zero attached hydrogens (tertiary/aromatic N) is 1. The highest BCUT2D eigenvalue weighted by atomic mass is 35.6. The van der Waals surface area contributed by atoms with Gasteiger partial charge < -0.3 is 15.2 Å². The van der Waals surface area contributed by atoms with Crippen molar-refractivity contribution in [2.45, 2.75) is 9.83 Å². The number of hydrogen-bond acceptors (Lipinski definition) is 7. The lowest BCUT2D eigenvalue weighted by Gasteiger charge is -2.10. The van der Waals surface area contributed by atoms with Crippen LogP contribution in [0.2, 0.25) is 0 Å². The first-order valence-corrected chi connectivity index (χ1v) is 7.03. The lowest BCUT2D eigenvalue weighted by Crippen LogP contribution is -2.23. The molecule has 3 N–H and O–H groups in total. The number of methoxy groups -OCH3 is 1. The van der Waals surface area contributed by atoms with Gasteiger partial charge in [-0.25, -0.2) is 14.6 Å². The average molecular weight is 363 g/mol. The van der Waals surface area contributed by atoms with Gasteiger partial charge >= 0.3 is 12.1 Å². The third-order valence-electron chi connectivity index (χ3n) is 1.87. The van der Waals surface area contributed by atoms with Gasteiger partial charge in [-0.05, 0) is 0 Å². The van der Waals surface area contributed by atoms with E-state index in [-0.39, 0.29) is 10.8 Å². The number of esters is 1. The molecule has 1 rings (SSSR count). The molecule has 0 saturated carbocycles. The van der Waals surface area contributed by atoms with Crippen LogP contribution >= 0.6 is 46.1 Å². The van der Waals surface area contributed by atoms with Crippen molar-refractivity contribution < 1.29 is 19.1 Å². The van der Waals surface area contributed by atoms with Gasteiger partial charge in [-0.2, -0.15) is 0 Å². The fourth-order valence-electron chi connectivity index (χ4n) is 1.00. The van der Waals surface area contributed by atoms with Crippen LogP contribution in [-0.4, -0.2) is 34.6 Å². The molecule has 0 aromatic carbocycles. The van der Waals surface area contributed by atoms with Crippen LogP contribution in [0, 0.1) is 0 Å². The van der Waals surface area contributed by atoms with E-state index >= 15 is 0 Å². The van der Waals surface area contributed by atoms with Crippen LogP contribution in [0.3, 0.4) is 0 Å². The number of thiazole rings is 1. The van der Waals surface area contributed by atoms with Crippen LogP contribution in [0.5, 0.6) is 0 Å². The molecule has 0 aliphatic rings. The van der Waals surface area contributed by atoms with Gasteiger partial charge in [0.25, 0.3) is 0 Å². The number of ether oxygens (including phenoxy) is 2. The van der Waals surface area contributed by atoms with Crippen molar-refractivity contribution in [1.82, 2.24) is 4.98 Å². The van der Waals surface area contributed by atoms with Gasteiger partial charge in [0, 0.05) is 5.38 Å². The number of amides is 1. The molecule has 0 aliphatic carbocycles. The minimum Gasteiger partial charge on any atom is -0.468 e. The number of aromatic nitrogens is 1. The molecular formula is C9H10Cl3N3O4S. The summed E-state index contributed by atoms with van der Waals surface area (Å²) in [4.78, 5) is 26.5. The monoisotopic (exact) mass is 361 g/mol. The molecular weight excluding hydrogens is 353 g/mol. The zero-order valence-electron chi connectivity index (χ0n) is 10.1. The molecule has 0 bridgehead atoms. The molecule has 1 atom stereocenters. The van der Waals surface area contributed by atoms with Crippen molar-refractivity contribution in [3.05, 3.63) is 11.1 Å². The maximum atomic E-state index is 11.4. The number of nitrogens with one attached hydrogen (secondary N) is 1. The summed E-state index contributed by atoms with van der Waals surface area (Å²) in [5.41, 5.74) is 5.84. The number of rotatable bonds is 4. The summed E-state index contributed by atoms with van der Waals surface area (Å²) < 4.78 is 7.43. The SMILES string of the molecule is COC(=O)[C@@H](N)c1csc(NC(=O)OCC(Cl)(Cl)Cl)n1. The lowest BCUT2D eigenvalue weighted by molar-refractivity contribution is -0.142. The Morgan fingerprint density at radius 3 is 2.75 bits per heavy atom. The van der Waals surface area contributed by atoms with E-state index in [1.54, 1.807) is 0 Å². The Balaban J connectivity index is 2.56. The highest BCUT2D eigenvalue weighted by molar-refractivity contribution is 7.13. The summed E-state index contributed by atoms with van der Waals surface area (Å²) in [6.45, 7) is -0.413. The standard InChI is InChI=1S/C9H10Cl3N3O4S/c1-18-6(16)5(13)4-2-20-7(14-4)15-8(17)19-3-9(10,11)12/h2,5H,3,13H2,1H3,(H,14,15,17)/t5-/m0/s1. The Bertz CT molecular complexity index is 491. The molecule has 7 nitrogen and oxygen atoms in total. The van der Waals surface area contributed by atoms with Crippen LogP contribution in [0.15, 0.2) is 5.38 Å². The summed E-state index contributed by atoms with van der Waals surface area (Å²) >= 11 is 17.3. The maximum Gasteiger partial charge on any atom is 0.413 e. The van der Waals surface area contributed by atoms with Gasteiger partial charge in [0.2, 0.25) is 3.79 Å². The number of nitrogens with two attached hydrogens (primary N) is 1. The largest absolute Gasteiger partial charge is 0.468 e. The number of hydrogen-bond donors (Lipinski definition) is 2. The molecule has 0 saturated heterocycles. The highest BCUT2D eigenvalue weighted by Gasteiger charge is 2.23. The zero-order valence-corrected chi connectivity index (χ0v) is 13.1. The van der Waals surface area contributed by atoms with Crippen molar-refractivity contribution in [1.29, 1.82) is 0 Å². The van der Waals surface area contributed by atoms with Crippen LogP contribution in [0.4, 0.5) is 9.93 Å². The Labute approximate surface area is 133 Å². The highest BCUT2D eigenvalue weighted by Crippen LogP contribution is 2.26. The molecule has 20 heavy (non-hydrogen) atoms. The van der Waals surface area contributed by atoms with Gasteiger partial charge in [0.1, 0.15) is 12.6 Å². The summed E-state index contributed by atoms with van der Waals surface area (Å²) in [6.07, 6.45) is -0.844. The second kappa shape index (κ2) is 7.28. The van der Waals surface area contributed by atoms with E-state index in [2.05, 4.69) is 19.8 Å². The van der Waals surface area contributed by atoms with Crippen molar-refractivity contribution in [3.8, 4) is 0 Å². The predicted molar refractivity (Wildman–Crippen MR) is 76.3 cm³/mol. The fourth-order valence-corrected chi connectivity index (χ4v) is 1.90. The topological polar surface area (TPSA) is 104 Å². The van der Waals surface area contributed by atoms with Crippen molar-refractivity contribution in [2.24, 2.45) is 5.73 Å². The minimum atomic E-state index is -1.70. The van der Waals surface area contributed by atoms with E-state index in [4.69, 9.17) is 40.5 Å².